The number of nitro benzene ring substituents is 1. The van der Waals surface area contributed by atoms with E-state index in [1.54, 1.807) is 18.3 Å². The van der Waals surface area contributed by atoms with E-state index >= 15 is 0 Å². The third kappa shape index (κ3) is 2.56. The molecule has 0 fully saturated rings. The van der Waals surface area contributed by atoms with Crippen molar-refractivity contribution in [1.29, 1.82) is 0 Å². The number of rotatable bonds is 3. The largest absolute Gasteiger partial charge is 0.508 e. The van der Waals surface area contributed by atoms with Crippen LogP contribution in [0.4, 0.5) is 11.4 Å². The summed E-state index contributed by atoms with van der Waals surface area (Å²) in [5.41, 5.74) is -0.0416. The van der Waals surface area contributed by atoms with Gasteiger partial charge in [0, 0.05) is 19.3 Å². The van der Waals surface area contributed by atoms with E-state index in [1.807, 2.05) is 0 Å². The molecule has 1 aromatic heterocycles. The summed E-state index contributed by atoms with van der Waals surface area (Å²) in [7, 11) is 1.48. The zero-order chi connectivity index (χ0) is 14.7. The van der Waals surface area contributed by atoms with Crippen molar-refractivity contribution in [3.63, 3.8) is 0 Å². The normalized spacial score (nSPS) is 10.1. The molecule has 7 heteroatoms. The Bertz CT molecular complexity index is 658. The van der Waals surface area contributed by atoms with Crippen LogP contribution >= 0.6 is 0 Å². The third-order valence-corrected chi connectivity index (χ3v) is 2.75. The van der Waals surface area contributed by atoms with Gasteiger partial charge in [0.25, 0.3) is 11.6 Å². The Hall–Kier alpha value is -2.96. The van der Waals surface area contributed by atoms with Gasteiger partial charge in [-0.3, -0.25) is 19.9 Å². The number of pyridine rings is 1. The molecule has 0 aliphatic heterocycles. The van der Waals surface area contributed by atoms with E-state index in [9.17, 15) is 20.0 Å². The number of hydrogen-bond acceptors (Lipinski definition) is 5. The van der Waals surface area contributed by atoms with Gasteiger partial charge < -0.3 is 10.0 Å². The number of nitro groups is 1. The van der Waals surface area contributed by atoms with Crippen molar-refractivity contribution in [3.8, 4) is 5.75 Å². The fourth-order valence-corrected chi connectivity index (χ4v) is 1.70. The van der Waals surface area contributed by atoms with E-state index in [1.165, 1.54) is 24.2 Å². The van der Waals surface area contributed by atoms with Crippen LogP contribution in [0.5, 0.6) is 5.75 Å². The summed E-state index contributed by atoms with van der Waals surface area (Å²) >= 11 is 0. The van der Waals surface area contributed by atoms with Gasteiger partial charge >= 0.3 is 0 Å². The van der Waals surface area contributed by atoms with E-state index in [2.05, 4.69) is 4.98 Å². The number of anilines is 1. The van der Waals surface area contributed by atoms with Crippen molar-refractivity contribution in [2.24, 2.45) is 0 Å². The van der Waals surface area contributed by atoms with E-state index < -0.39 is 10.8 Å². The number of benzene rings is 1. The lowest BCUT2D eigenvalue weighted by Crippen LogP contribution is -2.27. The van der Waals surface area contributed by atoms with Crippen molar-refractivity contribution in [2.75, 3.05) is 11.9 Å². The number of aromatic nitrogens is 1. The molecule has 0 atom stereocenters. The van der Waals surface area contributed by atoms with Crippen molar-refractivity contribution >= 4 is 17.3 Å². The lowest BCUT2D eigenvalue weighted by Gasteiger charge is -2.16. The van der Waals surface area contributed by atoms with Gasteiger partial charge in [-0.2, -0.15) is 0 Å². The van der Waals surface area contributed by atoms with Crippen LogP contribution in [0.25, 0.3) is 0 Å². The first-order valence-electron chi connectivity index (χ1n) is 5.66. The Morgan fingerprint density at radius 3 is 2.75 bits per heavy atom. The highest BCUT2D eigenvalue weighted by Crippen LogP contribution is 2.25. The monoisotopic (exact) mass is 273 g/mol. The van der Waals surface area contributed by atoms with E-state index in [0.717, 1.165) is 12.1 Å². The summed E-state index contributed by atoms with van der Waals surface area (Å²) < 4.78 is 0. The molecule has 102 valence electrons. The highest BCUT2D eigenvalue weighted by atomic mass is 16.6. The Morgan fingerprint density at radius 1 is 1.40 bits per heavy atom. The molecule has 0 unspecified atom stereocenters. The highest BCUT2D eigenvalue weighted by molar-refractivity contribution is 6.08. The van der Waals surface area contributed by atoms with Crippen LogP contribution in [-0.2, 0) is 0 Å². The summed E-state index contributed by atoms with van der Waals surface area (Å²) in [6.45, 7) is 0. The number of carbonyl (C=O) groups excluding carboxylic acids is 1. The lowest BCUT2D eigenvalue weighted by molar-refractivity contribution is -0.385. The van der Waals surface area contributed by atoms with Crippen LogP contribution in [0.3, 0.4) is 0 Å². The number of phenolic OH excluding ortho intramolecular Hbond substituents is 1. The molecule has 1 heterocycles. The SMILES string of the molecule is CN(C(=O)c1cc(O)ccc1[N+](=O)[O-])c1cccnc1. The topological polar surface area (TPSA) is 96.6 Å². The van der Waals surface area contributed by atoms with Crippen molar-refractivity contribution in [3.05, 3.63) is 58.4 Å². The third-order valence-electron chi connectivity index (χ3n) is 2.75. The minimum atomic E-state index is -0.663. The summed E-state index contributed by atoms with van der Waals surface area (Å²) in [4.78, 5) is 27.7. The van der Waals surface area contributed by atoms with Gasteiger partial charge in [0.2, 0.25) is 0 Å². The van der Waals surface area contributed by atoms with Crippen LogP contribution in [0, 0.1) is 10.1 Å². The summed E-state index contributed by atoms with van der Waals surface area (Å²) in [5, 5.41) is 20.4. The first kappa shape index (κ1) is 13.5. The van der Waals surface area contributed by atoms with Crippen molar-refractivity contribution in [2.45, 2.75) is 0 Å². The molecule has 1 amide bonds. The molecule has 2 rings (SSSR count). The van der Waals surface area contributed by atoms with E-state index in [-0.39, 0.29) is 17.0 Å². The van der Waals surface area contributed by atoms with Gasteiger partial charge in [0.15, 0.2) is 0 Å². The number of amides is 1. The van der Waals surface area contributed by atoms with E-state index in [0.29, 0.717) is 5.69 Å². The van der Waals surface area contributed by atoms with Crippen LogP contribution in [-0.4, -0.2) is 28.0 Å². The van der Waals surface area contributed by atoms with Crippen LogP contribution < -0.4 is 4.90 Å². The number of phenols is 1. The number of hydrogen-bond donors (Lipinski definition) is 1. The quantitative estimate of drug-likeness (QED) is 0.681. The van der Waals surface area contributed by atoms with Crippen LogP contribution in [0.1, 0.15) is 10.4 Å². The molecule has 20 heavy (non-hydrogen) atoms. The minimum absolute atomic E-state index is 0.179. The van der Waals surface area contributed by atoms with Gasteiger partial charge in [-0.25, -0.2) is 0 Å². The summed E-state index contributed by atoms with van der Waals surface area (Å²) in [6.07, 6.45) is 3.02. The number of aromatic hydroxyl groups is 1. The van der Waals surface area contributed by atoms with Gasteiger partial charge in [-0.15, -0.1) is 0 Å². The van der Waals surface area contributed by atoms with Crippen LogP contribution in [0.2, 0.25) is 0 Å². The van der Waals surface area contributed by atoms with Gasteiger partial charge in [-0.1, -0.05) is 0 Å². The van der Waals surface area contributed by atoms with E-state index in [4.69, 9.17) is 0 Å². The van der Waals surface area contributed by atoms with Crippen molar-refractivity contribution < 1.29 is 14.8 Å². The first-order valence-corrected chi connectivity index (χ1v) is 5.66. The molecule has 0 saturated carbocycles. The Morgan fingerprint density at radius 2 is 2.15 bits per heavy atom. The fourth-order valence-electron chi connectivity index (χ4n) is 1.70. The average Bonchev–Trinajstić information content (AvgIpc) is 2.46. The first-order chi connectivity index (χ1) is 9.50. The molecule has 0 radical (unpaired) electrons. The fraction of sp³-hybridized carbons (Fsp3) is 0.0769. The molecule has 0 saturated heterocycles. The molecule has 1 aromatic carbocycles. The molecule has 7 nitrogen and oxygen atoms in total. The Kier molecular flexibility index (Phi) is 3.60. The molecular weight excluding hydrogens is 262 g/mol. The minimum Gasteiger partial charge on any atom is -0.508 e. The number of carbonyl (C=O) groups is 1. The second-order valence-corrected chi connectivity index (χ2v) is 4.03. The maximum Gasteiger partial charge on any atom is 0.282 e. The highest BCUT2D eigenvalue weighted by Gasteiger charge is 2.24. The van der Waals surface area contributed by atoms with Gasteiger partial charge in [0.1, 0.15) is 11.3 Å². The van der Waals surface area contributed by atoms with Crippen LogP contribution in [0.15, 0.2) is 42.7 Å². The predicted octanol–water partition coefficient (Wildman–Crippen LogP) is 1.97. The molecule has 2 aromatic rings. The average molecular weight is 273 g/mol. The number of nitrogens with zero attached hydrogens (tertiary/aromatic N) is 3. The molecule has 0 aliphatic rings. The second-order valence-electron chi connectivity index (χ2n) is 4.03. The lowest BCUT2D eigenvalue weighted by atomic mass is 10.1. The molecule has 0 spiro atoms. The zero-order valence-electron chi connectivity index (χ0n) is 10.6. The Labute approximate surface area is 114 Å². The summed E-state index contributed by atoms with van der Waals surface area (Å²) in [5.74, 6) is -0.806. The maximum absolute atomic E-state index is 12.3. The van der Waals surface area contributed by atoms with Gasteiger partial charge in [-0.05, 0) is 24.3 Å². The zero-order valence-corrected chi connectivity index (χ0v) is 10.6. The van der Waals surface area contributed by atoms with Gasteiger partial charge in [0.05, 0.1) is 16.8 Å². The molecule has 0 bridgehead atoms. The standard InChI is InChI=1S/C13H11N3O4/c1-15(9-3-2-6-14-8-9)13(18)11-7-10(17)4-5-12(11)16(19)20/h2-8,17H,1H3. The Balaban J connectivity index is 2.43. The van der Waals surface area contributed by atoms with Crippen molar-refractivity contribution in [1.82, 2.24) is 4.98 Å². The maximum atomic E-state index is 12.3. The second kappa shape index (κ2) is 5.35. The molecular formula is C13H11N3O4. The predicted molar refractivity (Wildman–Crippen MR) is 71.7 cm³/mol. The summed E-state index contributed by atoms with van der Waals surface area (Å²) in [6, 6.07) is 6.64. The molecule has 0 aliphatic carbocycles. The molecule has 1 N–H and O–H groups in total. The smallest absolute Gasteiger partial charge is 0.282 e.